The van der Waals surface area contributed by atoms with Crippen molar-refractivity contribution in [3.63, 3.8) is 0 Å². The highest BCUT2D eigenvalue weighted by Crippen LogP contribution is 2.25. The van der Waals surface area contributed by atoms with Crippen LogP contribution in [0.2, 0.25) is 0 Å². The van der Waals surface area contributed by atoms with Crippen molar-refractivity contribution < 1.29 is 13.9 Å². The van der Waals surface area contributed by atoms with Crippen molar-refractivity contribution in [2.75, 3.05) is 13.7 Å². The minimum Gasteiger partial charge on any atom is -0.484 e. The molecule has 0 aliphatic rings. The summed E-state index contributed by atoms with van der Waals surface area (Å²) in [5.74, 6) is 1.34. The fraction of sp³-hybridized carbons (Fsp3) is 0.375. The maximum atomic E-state index is 12.4. The number of rotatable bonds is 7. The molecule has 6 heteroatoms. The molecule has 0 unspecified atom stereocenters. The molecule has 1 heterocycles. The van der Waals surface area contributed by atoms with Crippen molar-refractivity contribution in [1.29, 1.82) is 0 Å². The van der Waals surface area contributed by atoms with E-state index in [2.05, 4.69) is 50.0 Å². The van der Waals surface area contributed by atoms with E-state index in [0.717, 1.165) is 12.0 Å². The summed E-state index contributed by atoms with van der Waals surface area (Å²) in [5.41, 5.74) is 3.41. The predicted octanol–water partition coefficient (Wildman–Crippen LogP) is 4.63. The average molecular weight is 408 g/mol. The molecular weight excluding hydrogens is 378 g/mol. The van der Waals surface area contributed by atoms with Gasteiger partial charge in [-0.1, -0.05) is 52.0 Å². The second-order valence-corrected chi connectivity index (χ2v) is 8.36. The Kier molecular flexibility index (Phi) is 6.55. The highest BCUT2D eigenvalue weighted by atomic mass is 16.5. The zero-order chi connectivity index (χ0) is 21.7. The number of amides is 1. The summed E-state index contributed by atoms with van der Waals surface area (Å²) in [6.07, 6.45) is 0.967. The monoisotopic (exact) mass is 407 g/mol. The first kappa shape index (κ1) is 21.6. The maximum absolute atomic E-state index is 12.4. The van der Waals surface area contributed by atoms with Crippen molar-refractivity contribution in [1.82, 2.24) is 15.1 Å². The van der Waals surface area contributed by atoms with Gasteiger partial charge in [-0.3, -0.25) is 4.79 Å². The zero-order valence-electron chi connectivity index (χ0n) is 18.3. The second-order valence-electron chi connectivity index (χ2n) is 8.36. The standard InChI is InChI=1S/C24H29N3O3/c1-6-17-7-13-20(14-8-17)29-16-22(28)27(5)15-21-25-26-23(30-21)18-9-11-19(12-10-18)24(2,3)4/h7-14H,6,15-16H2,1-5H3. The number of carbonyl (C=O) groups excluding carboxylic acids is 1. The fourth-order valence-electron chi connectivity index (χ4n) is 2.91. The third kappa shape index (κ3) is 5.47. The lowest BCUT2D eigenvalue weighted by atomic mass is 9.87. The van der Waals surface area contributed by atoms with Gasteiger partial charge < -0.3 is 14.1 Å². The Morgan fingerprint density at radius 1 is 1.03 bits per heavy atom. The van der Waals surface area contributed by atoms with Crippen LogP contribution in [-0.2, 0) is 23.2 Å². The number of hydrogen-bond acceptors (Lipinski definition) is 5. The van der Waals surface area contributed by atoms with Gasteiger partial charge in [0.05, 0.1) is 6.54 Å². The van der Waals surface area contributed by atoms with E-state index in [9.17, 15) is 4.79 Å². The van der Waals surface area contributed by atoms with Crippen molar-refractivity contribution >= 4 is 5.91 Å². The Morgan fingerprint density at radius 3 is 2.30 bits per heavy atom. The summed E-state index contributed by atoms with van der Waals surface area (Å²) in [6, 6.07) is 15.8. The number of benzene rings is 2. The fourth-order valence-corrected chi connectivity index (χ4v) is 2.91. The van der Waals surface area contributed by atoms with Crippen LogP contribution in [0.1, 0.15) is 44.7 Å². The molecule has 0 atom stereocenters. The Morgan fingerprint density at radius 2 is 1.70 bits per heavy atom. The number of likely N-dealkylation sites (N-methyl/N-ethyl adjacent to an activating group) is 1. The van der Waals surface area contributed by atoms with Gasteiger partial charge in [0.2, 0.25) is 11.8 Å². The van der Waals surface area contributed by atoms with E-state index >= 15 is 0 Å². The van der Waals surface area contributed by atoms with Gasteiger partial charge in [0.15, 0.2) is 6.61 Å². The number of carbonyl (C=O) groups is 1. The van der Waals surface area contributed by atoms with Crippen LogP contribution < -0.4 is 4.74 Å². The van der Waals surface area contributed by atoms with Crippen LogP contribution in [0.3, 0.4) is 0 Å². The van der Waals surface area contributed by atoms with E-state index in [1.54, 1.807) is 7.05 Å². The highest BCUT2D eigenvalue weighted by molar-refractivity contribution is 5.77. The summed E-state index contributed by atoms with van der Waals surface area (Å²) in [4.78, 5) is 13.9. The normalized spacial score (nSPS) is 11.4. The number of hydrogen-bond donors (Lipinski definition) is 0. The van der Waals surface area contributed by atoms with E-state index in [-0.39, 0.29) is 24.5 Å². The molecule has 30 heavy (non-hydrogen) atoms. The minimum absolute atomic E-state index is 0.0444. The maximum Gasteiger partial charge on any atom is 0.260 e. The quantitative estimate of drug-likeness (QED) is 0.571. The molecule has 0 bridgehead atoms. The largest absolute Gasteiger partial charge is 0.484 e. The lowest BCUT2D eigenvalue weighted by Crippen LogP contribution is -2.31. The molecule has 3 rings (SSSR count). The van der Waals surface area contributed by atoms with Crippen LogP contribution in [0.5, 0.6) is 5.75 Å². The van der Waals surface area contributed by atoms with Crippen LogP contribution in [0.15, 0.2) is 52.9 Å². The molecule has 0 N–H and O–H groups in total. The van der Waals surface area contributed by atoms with E-state index in [0.29, 0.717) is 17.5 Å². The summed E-state index contributed by atoms with van der Waals surface area (Å²) >= 11 is 0. The summed E-state index contributed by atoms with van der Waals surface area (Å²) in [7, 11) is 1.69. The Labute approximate surface area is 177 Å². The summed E-state index contributed by atoms with van der Waals surface area (Å²) < 4.78 is 11.3. The number of ether oxygens (including phenoxy) is 1. The van der Waals surface area contributed by atoms with E-state index < -0.39 is 0 Å². The number of aryl methyl sites for hydroxylation is 1. The first-order chi connectivity index (χ1) is 14.3. The van der Waals surface area contributed by atoms with E-state index in [1.807, 2.05) is 36.4 Å². The lowest BCUT2D eigenvalue weighted by molar-refractivity contribution is -0.132. The molecule has 0 radical (unpaired) electrons. The molecule has 0 fully saturated rings. The van der Waals surface area contributed by atoms with Crippen LogP contribution >= 0.6 is 0 Å². The van der Waals surface area contributed by atoms with Gasteiger partial charge in [-0.2, -0.15) is 0 Å². The highest BCUT2D eigenvalue weighted by Gasteiger charge is 2.17. The van der Waals surface area contributed by atoms with Crippen LogP contribution in [0.4, 0.5) is 0 Å². The predicted molar refractivity (Wildman–Crippen MR) is 116 cm³/mol. The van der Waals surface area contributed by atoms with Gasteiger partial charge in [-0.15, -0.1) is 10.2 Å². The van der Waals surface area contributed by atoms with Gasteiger partial charge in [0.1, 0.15) is 5.75 Å². The molecular formula is C24H29N3O3. The average Bonchev–Trinajstić information content (AvgIpc) is 3.20. The van der Waals surface area contributed by atoms with Crippen molar-refractivity contribution in [3.8, 4) is 17.2 Å². The van der Waals surface area contributed by atoms with Crippen LogP contribution in [0.25, 0.3) is 11.5 Å². The van der Waals surface area contributed by atoms with Gasteiger partial charge in [-0.25, -0.2) is 0 Å². The van der Waals surface area contributed by atoms with Crippen molar-refractivity contribution in [2.45, 2.75) is 46.1 Å². The molecule has 0 saturated heterocycles. The second kappa shape index (κ2) is 9.11. The third-order valence-electron chi connectivity index (χ3n) is 4.96. The van der Waals surface area contributed by atoms with E-state index in [1.165, 1.54) is 16.0 Å². The molecule has 0 saturated carbocycles. The van der Waals surface area contributed by atoms with Gasteiger partial charge in [-0.05, 0) is 47.2 Å². The summed E-state index contributed by atoms with van der Waals surface area (Å²) in [5, 5.41) is 8.19. The van der Waals surface area contributed by atoms with Crippen LogP contribution in [0, 0.1) is 0 Å². The zero-order valence-corrected chi connectivity index (χ0v) is 18.3. The molecule has 1 amide bonds. The molecule has 0 aliphatic carbocycles. The topological polar surface area (TPSA) is 68.5 Å². The molecule has 1 aromatic heterocycles. The van der Waals surface area contributed by atoms with Gasteiger partial charge >= 0.3 is 0 Å². The van der Waals surface area contributed by atoms with Gasteiger partial charge in [0, 0.05) is 12.6 Å². The number of aromatic nitrogens is 2. The Balaban J connectivity index is 1.55. The van der Waals surface area contributed by atoms with Gasteiger partial charge in [0.25, 0.3) is 5.91 Å². The third-order valence-corrected chi connectivity index (χ3v) is 4.96. The molecule has 3 aromatic rings. The molecule has 0 aliphatic heterocycles. The molecule has 0 spiro atoms. The lowest BCUT2D eigenvalue weighted by Gasteiger charge is -2.18. The molecule has 2 aromatic carbocycles. The Bertz CT molecular complexity index is 970. The molecule has 6 nitrogen and oxygen atoms in total. The van der Waals surface area contributed by atoms with Crippen molar-refractivity contribution in [3.05, 3.63) is 65.5 Å². The first-order valence-corrected chi connectivity index (χ1v) is 10.1. The Hall–Kier alpha value is -3.15. The first-order valence-electron chi connectivity index (χ1n) is 10.1. The van der Waals surface area contributed by atoms with E-state index in [4.69, 9.17) is 9.15 Å². The van der Waals surface area contributed by atoms with Crippen molar-refractivity contribution in [2.24, 2.45) is 0 Å². The minimum atomic E-state index is -0.163. The smallest absolute Gasteiger partial charge is 0.260 e. The van der Waals surface area contributed by atoms with Crippen LogP contribution in [-0.4, -0.2) is 34.7 Å². The summed E-state index contributed by atoms with van der Waals surface area (Å²) in [6.45, 7) is 8.79. The number of nitrogens with zero attached hydrogens (tertiary/aromatic N) is 3. The SMILES string of the molecule is CCc1ccc(OCC(=O)N(C)Cc2nnc(-c3ccc(C(C)(C)C)cc3)o2)cc1. The molecule has 158 valence electrons.